The maximum absolute atomic E-state index is 4.85. The second kappa shape index (κ2) is 4.85. The van der Waals surface area contributed by atoms with E-state index in [1.807, 2.05) is 0 Å². The van der Waals surface area contributed by atoms with Crippen LogP contribution in [0.25, 0.3) is 0 Å². The van der Waals surface area contributed by atoms with Gasteiger partial charge in [0, 0.05) is 30.6 Å². The van der Waals surface area contributed by atoms with Gasteiger partial charge in [0.2, 0.25) is 0 Å². The molecule has 2 nitrogen and oxygen atoms in total. The highest BCUT2D eigenvalue weighted by atomic mass is 15.2. The Labute approximate surface area is 110 Å². The van der Waals surface area contributed by atoms with Crippen molar-refractivity contribution in [2.24, 2.45) is 4.99 Å². The van der Waals surface area contributed by atoms with E-state index in [9.17, 15) is 0 Å². The molecule has 0 aliphatic carbocycles. The summed E-state index contributed by atoms with van der Waals surface area (Å²) in [6.45, 7) is 2.99. The predicted octanol–water partition coefficient (Wildman–Crippen LogP) is 3.19. The molecule has 0 saturated carbocycles. The third-order valence-corrected chi connectivity index (χ3v) is 4.53. The van der Waals surface area contributed by atoms with Crippen LogP contribution >= 0.6 is 0 Å². The van der Waals surface area contributed by atoms with Crippen LogP contribution in [0.1, 0.15) is 36.8 Å². The second-order valence-corrected chi connectivity index (χ2v) is 5.83. The van der Waals surface area contributed by atoms with Crippen LogP contribution in [0.3, 0.4) is 0 Å². The average Bonchev–Trinajstić information content (AvgIpc) is 2.62. The van der Waals surface area contributed by atoms with Gasteiger partial charge in [-0.15, -0.1) is 0 Å². The topological polar surface area (TPSA) is 15.6 Å². The smallest absolute Gasteiger partial charge is 0.0639 e. The second-order valence-electron chi connectivity index (χ2n) is 5.83. The molecule has 0 aromatic heterocycles. The van der Waals surface area contributed by atoms with Crippen molar-refractivity contribution in [3.8, 4) is 0 Å². The summed E-state index contributed by atoms with van der Waals surface area (Å²) in [7, 11) is 2.28. The summed E-state index contributed by atoms with van der Waals surface area (Å²) in [5.74, 6) is 0. The zero-order valence-electron chi connectivity index (χ0n) is 11.4. The molecule has 0 spiro atoms. The van der Waals surface area contributed by atoms with Crippen LogP contribution in [0.2, 0.25) is 0 Å². The minimum Gasteiger partial charge on any atom is -0.300 e. The summed E-state index contributed by atoms with van der Waals surface area (Å²) >= 11 is 0. The molecular weight excluding hydrogens is 220 g/mol. The van der Waals surface area contributed by atoms with Crippen molar-refractivity contribution in [3.63, 3.8) is 0 Å². The van der Waals surface area contributed by atoms with Crippen LogP contribution < -0.4 is 0 Å². The third kappa shape index (κ3) is 2.35. The Balaban J connectivity index is 1.65. The predicted molar refractivity (Wildman–Crippen MR) is 76.1 cm³/mol. The van der Waals surface area contributed by atoms with Crippen LogP contribution in [0.4, 0.5) is 0 Å². The summed E-state index contributed by atoms with van der Waals surface area (Å²) < 4.78 is 0. The Morgan fingerprint density at radius 3 is 2.33 bits per heavy atom. The first-order valence-corrected chi connectivity index (χ1v) is 7.02. The van der Waals surface area contributed by atoms with Crippen molar-refractivity contribution < 1.29 is 0 Å². The quantitative estimate of drug-likeness (QED) is 0.777. The first-order chi connectivity index (χ1) is 8.72. The van der Waals surface area contributed by atoms with Crippen molar-refractivity contribution in [1.29, 1.82) is 0 Å². The fraction of sp³-hybridized carbons (Fsp3) is 0.562. The van der Waals surface area contributed by atoms with Gasteiger partial charge in [0.05, 0.1) is 6.54 Å². The van der Waals surface area contributed by atoms with Crippen LogP contribution in [0.5, 0.6) is 0 Å². The molecule has 2 heteroatoms. The summed E-state index contributed by atoms with van der Waals surface area (Å²) in [6, 6.07) is 10.3. The molecule has 0 radical (unpaired) electrons. The van der Waals surface area contributed by atoms with E-state index >= 15 is 0 Å². The summed E-state index contributed by atoms with van der Waals surface area (Å²) in [6.07, 6.45) is 5.12. The largest absolute Gasteiger partial charge is 0.300 e. The van der Waals surface area contributed by atoms with Gasteiger partial charge in [-0.05, 0) is 32.4 Å². The lowest BCUT2D eigenvalue weighted by Crippen LogP contribution is -2.40. The summed E-state index contributed by atoms with van der Waals surface area (Å²) in [5, 5.41) is 0. The summed E-state index contributed by atoms with van der Waals surface area (Å²) in [4.78, 5) is 7.41. The minimum atomic E-state index is 0.764. The Hall–Kier alpha value is -1.15. The van der Waals surface area contributed by atoms with Crippen LogP contribution in [0.15, 0.2) is 29.3 Å². The van der Waals surface area contributed by atoms with Gasteiger partial charge in [0.1, 0.15) is 0 Å². The minimum absolute atomic E-state index is 0.764. The lowest BCUT2D eigenvalue weighted by Gasteiger charge is -2.32. The number of hydrogen-bond donors (Lipinski definition) is 0. The average molecular weight is 242 g/mol. The first-order valence-electron chi connectivity index (χ1n) is 7.02. The number of benzene rings is 1. The molecule has 1 aromatic carbocycles. The molecule has 0 amide bonds. The molecule has 96 valence electrons. The lowest BCUT2D eigenvalue weighted by atomic mass is 10.0. The van der Waals surface area contributed by atoms with E-state index in [0.29, 0.717) is 0 Å². The zero-order valence-corrected chi connectivity index (χ0v) is 11.4. The van der Waals surface area contributed by atoms with E-state index in [1.165, 1.54) is 42.5 Å². The molecule has 2 aliphatic heterocycles. The van der Waals surface area contributed by atoms with Crippen LogP contribution in [-0.4, -0.2) is 29.7 Å². The molecule has 3 rings (SSSR count). The van der Waals surface area contributed by atoms with E-state index < -0.39 is 0 Å². The van der Waals surface area contributed by atoms with Crippen LogP contribution in [0, 0.1) is 6.92 Å². The Bertz CT molecular complexity index is 431. The number of fused-ring (bicyclic) bond motifs is 2. The Kier molecular flexibility index (Phi) is 3.21. The van der Waals surface area contributed by atoms with E-state index in [1.54, 1.807) is 0 Å². The highest BCUT2D eigenvalue weighted by Gasteiger charge is 2.36. The molecule has 2 fully saturated rings. The van der Waals surface area contributed by atoms with Gasteiger partial charge in [-0.3, -0.25) is 9.89 Å². The first kappa shape index (κ1) is 11.9. The number of rotatable bonds is 2. The van der Waals surface area contributed by atoms with Crippen molar-refractivity contribution in [2.45, 2.75) is 51.2 Å². The molecule has 2 atom stereocenters. The standard InChI is InChI=1S/C16H22N2/c1-12-3-5-13(6-4-12)11-17-14-9-15-7-8-16(10-14)18(15)2/h3-6,15-16H,7-11H2,1-2H3. The fourth-order valence-corrected chi connectivity index (χ4v) is 3.24. The lowest BCUT2D eigenvalue weighted by molar-refractivity contribution is 0.231. The molecule has 2 saturated heterocycles. The fourth-order valence-electron chi connectivity index (χ4n) is 3.24. The summed E-state index contributed by atoms with van der Waals surface area (Å²) in [5.41, 5.74) is 4.10. The van der Waals surface area contributed by atoms with Crippen molar-refractivity contribution >= 4 is 5.71 Å². The van der Waals surface area contributed by atoms with E-state index in [0.717, 1.165) is 18.6 Å². The molecule has 0 N–H and O–H groups in total. The van der Waals surface area contributed by atoms with E-state index in [4.69, 9.17) is 4.99 Å². The third-order valence-electron chi connectivity index (χ3n) is 4.53. The monoisotopic (exact) mass is 242 g/mol. The number of hydrogen-bond acceptors (Lipinski definition) is 2. The van der Waals surface area contributed by atoms with Gasteiger partial charge in [0.25, 0.3) is 0 Å². The molecular formula is C16H22N2. The van der Waals surface area contributed by atoms with E-state index in [-0.39, 0.29) is 0 Å². The molecule has 18 heavy (non-hydrogen) atoms. The van der Waals surface area contributed by atoms with Gasteiger partial charge >= 0.3 is 0 Å². The van der Waals surface area contributed by atoms with Gasteiger partial charge in [0.15, 0.2) is 0 Å². The Morgan fingerprint density at radius 1 is 1.11 bits per heavy atom. The SMILES string of the molecule is Cc1ccc(CN=C2CC3CCC(C2)N3C)cc1. The number of piperidine rings is 1. The molecule has 2 bridgehead atoms. The van der Waals surface area contributed by atoms with Gasteiger partial charge in [-0.25, -0.2) is 0 Å². The van der Waals surface area contributed by atoms with Crippen molar-refractivity contribution in [2.75, 3.05) is 7.05 Å². The number of aliphatic imine (C=N–C) groups is 1. The van der Waals surface area contributed by atoms with Crippen molar-refractivity contribution in [3.05, 3.63) is 35.4 Å². The van der Waals surface area contributed by atoms with Crippen molar-refractivity contribution in [1.82, 2.24) is 4.90 Å². The molecule has 2 heterocycles. The maximum atomic E-state index is 4.85. The zero-order chi connectivity index (χ0) is 12.5. The molecule has 2 aliphatic rings. The highest BCUT2D eigenvalue weighted by Crippen LogP contribution is 2.32. The van der Waals surface area contributed by atoms with Gasteiger partial charge in [-0.1, -0.05) is 29.8 Å². The van der Waals surface area contributed by atoms with E-state index in [2.05, 4.69) is 43.1 Å². The van der Waals surface area contributed by atoms with Crippen LogP contribution in [-0.2, 0) is 6.54 Å². The normalized spacial score (nSPS) is 27.6. The number of aryl methyl sites for hydroxylation is 1. The van der Waals surface area contributed by atoms with Gasteiger partial charge < -0.3 is 0 Å². The Morgan fingerprint density at radius 2 is 1.72 bits per heavy atom. The molecule has 2 unspecified atom stereocenters. The van der Waals surface area contributed by atoms with Gasteiger partial charge in [-0.2, -0.15) is 0 Å². The highest BCUT2D eigenvalue weighted by molar-refractivity contribution is 5.86. The maximum Gasteiger partial charge on any atom is 0.0639 e. The number of nitrogens with zero attached hydrogens (tertiary/aromatic N) is 2. The molecule has 1 aromatic rings.